The SMILES string of the molecule is N#Cc1ccc(S(=O)(=O)NCC(=O)OCc2ccccc2)cc1. The molecule has 1 N–H and O–H groups in total. The molecule has 0 amide bonds. The minimum atomic E-state index is -3.82. The van der Waals surface area contributed by atoms with Crippen LogP contribution in [-0.4, -0.2) is 20.9 Å². The lowest BCUT2D eigenvalue weighted by atomic mass is 10.2. The van der Waals surface area contributed by atoms with Crippen molar-refractivity contribution in [3.63, 3.8) is 0 Å². The molecule has 0 bridgehead atoms. The molecule has 6 nitrogen and oxygen atoms in total. The van der Waals surface area contributed by atoms with Crippen LogP contribution in [0.3, 0.4) is 0 Å². The van der Waals surface area contributed by atoms with Crippen molar-refractivity contribution >= 4 is 16.0 Å². The highest BCUT2D eigenvalue weighted by Crippen LogP contribution is 2.09. The van der Waals surface area contributed by atoms with Crippen LogP contribution in [0.5, 0.6) is 0 Å². The van der Waals surface area contributed by atoms with E-state index < -0.39 is 22.5 Å². The molecule has 0 heterocycles. The Bertz CT molecular complexity index is 809. The Morgan fingerprint density at radius 3 is 2.35 bits per heavy atom. The number of esters is 1. The van der Waals surface area contributed by atoms with Crippen molar-refractivity contribution in [1.82, 2.24) is 4.72 Å². The molecule has 23 heavy (non-hydrogen) atoms. The third-order valence-corrected chi connectivity index (χ3v) is 4.36. The summed E-state index contributed by atoms with van der Waals surface area (Å²) in [5.74, 6) is -0.675. The lowest BCUT2D eigenvalue weighted by Gasteiger charge is -2.07. The molecule has 2 rings (SSSR count). The maximum atomic E-state index is 12.0. The van der Waals surface area contributed by atoms with Crippen molar-refractivity contribution < 1.29 is 17.9 Å². The van der Waals surface area contributed by atoms with Gasteiger partial charge in [-0.15, -0.1) is 0 Å². The zero-order chi connectivity index (χ0) is 16.7. The van der Waals surface area contributed by atoms with Gasteiger partial charge in [0.25, 0.3) is 0 Å². The second kappa shape index (κ2) is 7.54. The van der Waals surface area contributed by atoms with Gasteiger partial charge in [-0.3, -0.25) is 4.79 Å². The fourth-order valence-electron chi connectivity index (χ4n) is 1.73. The number of nitriles is 1. The number of hydrogen-bond acceptors (Lipinski definition) is 5. The molecule has 0 aliphatic carbocycles. The molecule has 0 aliphatic heterocycles. The van der Waals surface area contributed by atoms with Gasteiger partial charge in [0.15, 0.2) is 0 Å². The first-order valence-electron chi connectivity index (χ1n) is 6.70. The number of nitrogens with one attached hydrogen (secondary N) is 1. The Balaban J connectivity index is 1.88. The molecule has 0 saturated heterocycles. The fourth-order valence-corrected chi connectivity index (χ4v) is 2.70. The molecule has 0 fully saturated rings. The Kier molecular flexibility index (Phi) is 5.46. The van der Waals surface area contributed by atoms with Gasteiger partial charge in [-0.05, 0) is 29.8 Å². The van der Waals surface area contributed by atoms with E-state index in [0.717, 1.165) is 5.56 Å². The van der Waals surface area contributed by atoms with Gasteiger partial charge >= 0.3 is 5.97 Å². The number of benzene rings is 2. The zero-order valence-electron chi connectivity index (χ0n) is 12.1. The molecule has 7 heteroatoms. The molecule has 2 aromatic carbocycles. The maximum absolute atomic E-state index is 12.0. The minimum Gasteiger partial charge on any atom is -0.460 e. The maximum Gasteiger partial charge on any atom is 0.321 e. The highest BCUT2D eigenvalue weighted by atomic mass is 32.2. The van der Waals surface area contributed by atoms with E-state index in [1.165, 1.54) is 24.3 Å². The van der Waals surface area contributed by atoms with Crippen molar-refractivity contribution in [1.29, 1.82) is 5.26 Å². The van der Waals surface area contributed by atoms with E-state index in [-0.39, 0.29) is 11.5 Å². The summed E-state index contributed by atoms with van der Waals surface area (Å²) in [4.78, 5) is 11.6. The molecule has 0 aromatic heterocycles. The van der Waals surface area contributed by atoms with Crippen LogP contribution >= 0.6 is 0 Å². The Morgan fingerprint density at radius 1 is 1.09 bits per heavy atom. The van der Waals surface area contributed by atoms with Crippen molar-refractivity contribution in [3.05, 3.63) is 65.7 Å². The zero-order valence-corrected chi connectivity index (χ0v) is 12.9. The predicted molar refractivity (Wildman–Crippen MR) is 82.6 cm³/mol. The van der Waals surface area contributed by atoms with Crippen LogP contribution < -0.4 is 4.72 Å². The molecule has 118 valence electrons. The van der Waals surface area contributed by atoms with Gasteiger partial charge in [0.1, 0.15) is 13.2 Å². The first kappa shape index (κ1) is 16.7. The van der Waals surface area contributed by atoms with E-state index in [9.17, 15) is 13.2 Å². The third-order valence-electron chi connectivity index (χ3n) is 2.94. The molecular formula is C16H14N2O4S. The summed E-state index contributed by atoms with van der Waals surface area (Å²) in [6.45, 7) is -0.382. The van der Waals surface area contributed by atoms with E-state index in [0.29, 0.717) is 5.56 Å². The van der Waals surface area contributed by atoms with Gasteiger partial charge in [-0.2, -0.15) is 9.98 Å². The number of rotatable bonds is 6. The van der Waals surface area contributed by atoms with E-state index in [1.807, 2.05) is 24.3 Å². The average Bonchev–Trinajstić information content (AvgIpc) is 2.59. The average molecular weight is 330 g/mol. The van der Waals surface area contributed by atoms with Gasteiger partial charge in [0.2, 0.25) is 10.0 Å². The summed E-state index contributed by atoms with van der Waals surface area (Å²) in [5, 5.41) is 8.68. The quantitative estimate of drug-likeness (QED) is 0.811. The molecular weight excluding hydrogens is 316 g/mol. The molecule has 0 aliphatic rings. The molecule has 0 unspecified atom stereocenters. The monoisotopic (exact) mass is 330 g/mol. The minimum absolute atomic E-state index is 0.0210. The molecule has 0 saturated carbocycles. The standard InChI is InChI=1S/C16H14N2O4S/c17-10-13-6-8-15(9-7-13)23(20,21)18-11-16(19)22-12-14-4-2-1-3-5-14/h1-9,18H,11-12H2. The summed E-state index contributed by atoms with van der Waals surface area (Å²) in [6.07, 6.45) is 0. The molecule has 0 spiro atoms. The summed E-state index contributed by atoms with van der Waals surface area (Å²) < 4.78 is 31.2. The molecule has 0 radical (unpaired) electrons. The van der Waals surface area contributed by atoms with E-state index in [1.54, 1.807) is 12.1 Å². The number of ether oxygens (including phenoxy) is 1. The predicted octanol–water partition coefficient (Wildman–Crippen LogP) is 1.58. The van der Waals surface area contributed by atoms with Gasteiger partial charge in [-0.1, -0.05) is 30.3 Å². The highest BCUT2D eigenvalue weighted by molar-refractivity contribution is 7.89. The van der Waals surface area contributed by atoms with E-state index in [4.69, 9.17) is 10.00 Å². The highest BCUT2D eigenvalue weighted by Gasteiger charge is 2.16. The van der Waals surface area contributed by atoms with Crippen LogP contribution in [-0.2, 0) is 26.2 Å². The smallest absolute Gasteiger partial charge is 0.321 e. The van der Waals surface area contributed by atoms with Crippen molar-refractivity contribution in [2.75, 3.05) is 6.54 Å². The lowest BCUT2D eigenvalue weighted by molar-refractivity contribution is -0.143. The van der Waals surface area contributed by atoms with Crippen molar-refractivity contribution in [2.45, 2.75) is 11.5 Å². The topological polar surface area (TPSA) is 96.3 Å². The second-order valence-electron chi connectivity index (χ2n) is 4.61. The number of sulfonamides is 1. The van der Waals surface area contributed by atoms with Crippen molar-refractivity contribution in [2.24, 2.45) is 0 Å². The summed E-state index contributed by atoms with van der Waals surface area (Å²) >= 11 is 0. The number of hydrogen-bond donors (Lipinski definition) is 1. The largest absolute Gasteiger partial charge is 0.460 e. The normalized spacial score (nSPS) is 10.7. The van der Waals surface area contributed by atoms with E-state index in [2.05, 4.69) is 4.72 Å². The fraction of sp³-hybridized carbons (Fsp3) is 0.125. The van der Waals surface area contributed by atoms with Crippen LogP contribution in [0.15, 0.2) is 59.5 Å². The Labute approximate surface area is 134 Å². The Hall–Kier alpha value is -2.69. The number of carbonyl (C=O) groups excluding carboxylic acids is 1. The summed E-state index contributed by atoms with van der Waals surface area (Å²) in [6, 6.07) is 16.4. The van der Waals surface area contributed by atoms with Crippen LogP contribution in [0.4, 0.5) is 0 Å². The van der Waals surface area contributed by atoms with Crippen LogP contribution in [0.25, 0.3) is 0 Å². The summed E-state index contributed by atoms with van der Waals surface area (Å²) in [7, 11) is -3.82. The van der Waals surface area contributed by atoms with Gasteiger partial charge in [0.05, 0.1) is 16.5 Å². The van der Waals surface area contributed by atoms with Gasteiger partial charge in [-0.25, -0.2) is 8.42 Å². The lowest BCUT2D eigenvalue weighted by Crippen LogP contribution is -2.30. The van der Waals surface area contributed by atoms with Crippen LogP contribution in [0.1, 0.15) is 11.1 Å². The first-order valence-corrected chi connectivity index (χ1v) is 8.19. The van der Waals surface area contributed by atoms with E-state index >= 15 is 0 Å². The number of carbonyl (C=O) groups is 1. The molecule has 2 aromatic rings. The van der Waals surface area contributed by atoms with Gasteiger partial charge < -0.3 is 4.74 Å². The first-order chi connectivity index (χ1) is 11.0. The van der Waals surface area contributed by atoms with Crippen molar-refractivity contribution in [3.8, 4) is 6.07 Å². The molecule has 0 atom stereocenters. The Morgan fingerprint density at radius 2 is 1.74 bits per heavy atom. The van der Waals surface area contributed by atoms with Crippen LogP contribution in [0, 0.1) is 11.3 Å². The van der Waals surface area contributed by atoms with Crippen LogP contribution in [0.2, 0.25) is 0 Å². The number of nitrogens with zero attached hydrogens (tertiary/aromatic N) is 1. The second-order valence-corrected chi connectivity index (χ2v) is 6.37. The van der Waals surface area contributed by atoms with Gasteiger partial charge in [0, 0.05) is 0 Å². The summed E-state index contributed by atoms with van der Waals surface area (Å²) in [5.41, 5.74) is 1.17. The third kappa shape index (κ3) is 4.92.